The summed E-state index contributed by atoms with van der Waals surface area (Å²) in [7, 11) is 0. The number of benzene rings is 1. The molecule has 1 atom stereocenters. The first-order chi connectivity index (χ1) is 7.33. The van der Waals surface area contributed by atoms with Crippen molar-refractivity contribution in [1.29, 1.82) is 0 Å². The predicted molar refractivity (Wildman–Crippen MR) is 64.7 cm³/mol. The van der Waals surface area contributed by atoms with Crippen LogP contribution in [0.5, 0.6) is 5.75 Å². The van der Waals surface area contributed by atoms with Gasteiger partial charge in [0.2, 0.25) is 0 Å². The van der Waals surface area contributed by atoms with Gasteiger partial charge in [-0.1, -0.05) is 25.1 Å². The molecule has 1 aromatic rings. The molecule has 0 saturated carbocycles. The van der Waals surface area contributed by atoms with Gasteiger partial charge in [0.15, 0.2) is 0 Å². The lowest BCUT2D eigenvalue weighted by molar-refractivity contribution is 0.314. The fraction of sp³-hybridized carbons (Fsp3) is 0.500. The average Bonchev–Trinajstić information content (AvgIpc) is 2.29. The monoisotopic (exact) mass is 227 g/mol. The third-order valence-corrected chi connectivity index (χ3v) is 2.56. The summed E-state index contributed by atoms with van der Waals surface area (Å²) in [6.07, 6.45) is 0.994. The number of nitrogens with one attached hydrogen (secondary N) is 1. The Morgan fingerprint density at radius 1 is 1.33 bits per heavy atom. The number of hydrogen-bond donors (Lipinski definition) is 1. The average molecular weight is 228 g/mol. The van der Waals surface area contributed by atoms with Crippen LogP contribution in [0.15, 0.2) is 30.3 Å². The van der Waals surface area contributed by atoms with Gasteiger partial charge in [0, 0.05) is 18.5 Å². The quantitative estimate of drug-likeness (QED) is 0.571. The number of para-hydroxylation sites is 1. The molecule has 0 heterocycles. The normalized spacial score (nSPS) is 12.4. The molecule has 1 aromatic carbocycles. The molecule has 1 N–H and O–H groups in total. The topological polar surface area (TPSA) is 21.3 Å². The highest BCUT2D eigenvalue weighted by molar-refractivity contribution is 6.20. The Morgan fingerprint density at radius 3 is 2.73 bits per heavy atom. The fourth-order valence-electron chi connectivity index (χ4n) is 1.16. The smallest absolute Gasteiger partial charge is 0.119 e. The lowest BCUT2D eigenvalue weighted by Gasteiger charge is -2.09. The van der Waals surface area contributed by atoms with Crippen LogP contribution in [-0.2, 0) is 0 Å². The number of ether oxygens (including phenoxy) is 1. The highest BCUT2D eigenvalue weighted by Gasteiger charge is 1.99. The van der Waals surface area contributed by atoms with E-state index in [0.717, 1.165) is 25.3 Å². The Bertz CT molecular complexity index is 253. The van der Waals surface area contributed by atoms with Crippen LogP contribution in [0.25, 0.3) is 0 Å². The van der Waals surface area contributed by atoms with Crippen LogP contribution >= 0.6 is 11.6 Å². The molecule has 15 heavy (non-hydrogen) atoms. The zero-order valence-electron chi connectivity index (χ0n) is 9.08. The van der Waals surface area contributed by atoms with Gasteiger partial charge in [0.1, 0.15) is 12.4 Å². The highest BCUT2D eigenvalue weighted by atomic mass is 35.5. The van der Waals surface area contributed by atoms with Crippen molar-refractivity contribution in [3.63, 3.8) is 0 Å². The molecule has 0 aliphatic rings. The van der Waals surface area contributed by atoms with E-state index in [0.29, 0.717) is 6.61 Å². The lowest BCUT2D eigenvalue weighted by atomic mass is 10.3. The van der Waals surface area contributed by atoms with Gasteiger partial charge in [0.25, 0.3) is 0 Å². The van der Waals surface area contributed by atoms with E-state index >= 15 is 0 Å². The Labute approximate surface area is 96.6 Å². The molecule has 2 nitrogen and oxygen atoms in total. The summed E-state index contributed by atoms with van der Waals surface area (Å²) in [5.74, 6) is 0.914. The molecule has 1 unspecified atom stereocenters. The number of rotatable bonds is 7. The molecule has 0 fully saturated rings. The van der Waals surface area contributed by atoms with E-state index in [-0.39, 0.29) is 5.38 Å². The third-order valence-electron chi connectivity index (χ3n) is 2.10. The third kappa shape index (κ3) is 5.65. The molecule has 0 aliphatic heterocycles. The summed E-state index contributed by atoms with van der Waals surface area (Å²) < 4.78 is 5.52. The standard InChI is InChI=1S/C12H18ClNO/c1-2-11(13)10-14-8-9-15-12-6-4-3-5-7-12/h3-7,11,14H,2,8-10H2,1H3. The molecular formula is C12H18ClNO. The van der Waals surface area contributed by atoms with E-state index in [1.165, 1.54) is 0 Å². The largest absolute Gasteiger partial charge is 0.492 e. The van der Waals surface area contributed by atoms with Crippen molar-refractivity contribution in [2.45, 2.75) is 18.7 Å². The van der Waals surface area contributed by atoms with Crippen LogP contribution in [-0.4, -0.2) is 25.1 Å². The minimum absolute atomic E-state index is 0.224. The van der Waals surface area contributed by atoms with Crippen LogP contribution in [0.2, 0.25) is 0 Å². The van der Waals surface area contributed by atoms with Crippen molar-refractivity contribution in [2.24, 2.45) is 0 Å². The van der Waals surface area contributed by atoms with Gasteiger partial charge < -0.3 is 10.1 Å². The van der Waals surface area contributed by atoms with Gasteiger partial charge in [-0.25, -0.2) is 0 Å². The molecule has 0 aromatic heterocycles. The minimum Gasteiger partial charge on any atom is -0.492 e. The molecule has 1 rings (SSSR count). The van der Waals surface area contributed by atoms with Gasteiger partial charge in [-0.3, -0.25) is 0 Å². The van der Waals surface area contributed by atoms with E-state index in [2.05, 4.69) is 12.2 Å². The summed E-state index contributed by atoms with van der Waals surface area (Å²) in [5, 5.41) is 3.47. The SMILES string of the molecule is CCC(Cl)CNCCOc1ccccc1. The molecule has 84 valence electrons. The van der Waals surface area contributed by atoms with Crippen molar-refractivity contribution >= 4 is 11.6 Å². The fourth-order valence-corrected chi connectivity index (χ4v) is 1.27. The van der Waals surface area contributed by atoms with Gasteiger partial charge in [-0.05, 0) is 18.6 Å². The molecule has 0 aliphatic carbocycles. The van der Waals surface area contributed by atoms with E-state index in [9.17, 15) is 0 Å². The number of hydrogen-bond acceptors (Lipinski definition) is 2. The summed E-state index contributed by atoms with van der Waals surface area (Å²) in [6, 6.07) is 9.82. The van der Waals surface area contributed by atoms with Gasteiger partial charge in [-0.15, -0.1) is 11.6 Å². The van der Waals surface area contributed by atoms with Crippen molar-refractivity contribution in [3.8, 4) is 5.75 Å². The first kappa shape index (κ1) is 12.3. The van der Waals surface area contributed by atoms with E-state index in [1.807, 2.05) is 30.3 Å². The zero-order chi connectivity index (χ0) is 10.9. The summed E-state index contributed by atoms with van der Waals surface area (Å²) in [5.41, 5.74) is 0. The van der Waals surface area contributed by atoms with Crippen LogP contribution in [0.4, 0.5) is 0 Å². The maximum absolute atomic E-state index is 5.96. The van der Waals surface area contributed by atoms with Crippen LogP contribution < -0.4 is 10.1 Å². The maximum atomic E-state index is 5.96. The van der Waals surface area contributed by atoms with Crippen molar-refractivity contribution < 1.29 is 4.74 Å². The van der Waals surface area contributed by atoms with Gasteiger partial charge in [-0.2, -0.15) is 0 Å². The molecule has 0 radical (unpaired) electrons. The molecular weight excluding hydrogens is 210 g/mol. The summed E-state index contributed by atoms with van der Waals surface area (Å²) >= 11 is 5.96. The molecule has 0 bridgehead atoms. The van der Waals surface area contributed by atoms with Crippen molar-refractivity contribution in [3.05, 3.63) is 30.3 Å². The van der Waals surface area contributed by atoms with E-state index in [1.54, 1.807) is 0 Å². The zero-order valence-corrected chi connectivity index (χ0v) is 9.83. The maximum Gasteiger partial charge on any atom is 0.119 e. The van der Waals surface area contributed by atoms with E-state index < -0.39 is 0 Å². The van der Waals surface area contributed by atoms with Crippen molar-refractivity contribution in [2.75, 3.05) is 19.7 Å². The highest BCUT2D eigenvalue weighted by Crippen LogP contribution is 2.07. The second-order valence-electron chi connectivity index (χ2n) is 3.37. The predicted octanol–water partition coefficient (Wildman–Crippen LogP) is 2.67. The van der Waals surface area contributed by atoms with Crippen LogP contribution in [0.3, 0.4) is 0 Å². The Hall–Kier alpha value is -0.730. The first-order valence-corrected chi connectivity index (χ1v) is 5.79. The van der Waals surface area contributed by atoms with Gasteiger partial charge >= 0.3 is 0 Å². The first-order valence-electron chi connectivity index (χ1n) is 5.35. The number of alkyl halides is 1. The van der Waals surface area contributed by atoms with Crippen LogP contribution in [0.1, 0.15) is 13.3 Å². The lowest BCUT2D eigenvalue weighted by Crippen LogP contribution is -2.27. The van der Waals surface area contributed by atoms with Gasteiger partial charge in [0.05, 0.1) is 0 Å². The molecule has 0 amide bonds. The van der Waals surface area contributed by atoms with Crippen molar-refractivity contribution in [1.82, 2.24) is 5.32 Å². The molecule has 3 heteroatoms. The van der Waals surface area contributed by atoms with E-state index in [4.69, 9.17) is 16.3 Å². The second-order valence-corrected chi connectivity index (χ2v) is 3.99. The summed E-state index contributed by atoms with van der Waals surface area (Å²) in [4.78, 5) is 0. The number of halogens is 1. The Balaban J connectivity index is 2.03. The minimum atomic E-state index is 0.224. The molecule has 0 spiro atoms. The Kier molecular flexibility index (Phi) is 6.21. The van der Waals surface area contributed by atoms with Crippen LogP contribution in [0, 0.1) is 0 Å². The molecule has 0 saturated heterocycles. The Morgan fingerprint density at radius 2 is 2.07 bits per heavy atom. The summed E-state index contributed by atoms with van der Waals surface area (Å²) in [6.45, 7) is 4.44. The second kappa shape index (κ2) is 7.55.